The molecule has 104 valence electrons. The molecule has 19 heavy (non-hydrogen) atoms. The van der Waals surface area contributed by atoms with Crippen molar-refractivity contribution in [3.63, 3.8) is 0 Å². The minimum Gasteiger partial charge on any atom is -0.354 e. The van der Waals surface area contributed by atoms with E-state index in [0.29, 0.717) is 11.5 Å². The number of aromatic nitrogens is 2. The molecule has 5 nitrogen and oxygen atoms in total. The molecule has 1 aliphatic heterocycles. The smallest absolute Gasteiger partial charge is 0.330 e. The van der Waals surface area contributed by atoms with Crippen LogP contribution in [0.2, 0.25) is 0 Å². The predicted octanol–water partition coefficient (Wildman–Crippen LogP) is 2.24. The quantitative estimate of drug-likeness (QED) is 0.925. The van der Waals surface area contributed by atoms with E-state index in [1.165, 1.54) is 4.57 Å². The SMILES string of the molecule is CCC1OC(n2cc(/C=C/Br)c(=O)[nH]c2=O)CC1C. The highest BCUT2D eigenvalue weighted by Crippen LogP contribution is 2.33. The number of nitrogens with one attached hydrogen (secondary N) is 1. The van der Waals surface area contributed by atoms with Crippen LogP contribution in [0, 0.1) is 5.92 Å². The maximum atomic E-state index is 11.9. The van der Waals surface area contributed by atoms with Crippen LogP contribution in [0.3, 0.4) is 0 Å². The van der Waals surface area contributed by atoms with Crippen molar-refractivity contribution in [2.75, 3.05) is 0 Å². The molecule has 0 bridgehead atoms. The zero-order valence-corrected chi connectivity index (χ0v) is 12.5. The second kappa shape index (κ2) is 5.88. The van der Waals surface area contributed by atoms with E-state index in [0.717, 1.165) is 12.8 Å². The molecule has 2 heterocycles. The Hall–Kier alpha value is -1.14. The summed E-state index contributed by atoms with van der Waals surface area (Å²) in [7, 11) is 0. The Morgan fingerprint density at radius 3 is 2.89 bits per heavy atom. The first-order valence-corrected chi connectivity index (χ1v) is 7.26. The summed E-state index contributed by atoms with van der Waals surface area (Å²) >= 11 is 3.13. The van der Waals surface area contributed by atoms with Crippen LogP contribution in [0.25, 0.3) is 6.08 Å². The van der Waals surface area contributed by atoms with Crippen molar-refractivity contribution < 1.29 is 4.74 Å². The Kier molecular flexibility index (Phi) is 4.42. The van der Waals surface area contributed by atoms with Crippen LogP contribution in [0.4, 0.5) is 0 Å². The van der Waals surface area contributed by atoms with Gasteiger partial charge in [0, 0.05) is 6.20 Å². The van der Waals surface area contributed by atoms with E-state index in [1.807, 2.05) is 0 Å². The maximum absolute atomic E-state index is 11.9. The Labute approximate surface area is 119 Å². The van der Waals surface area contributed by atoms with E-state index in [2.05, 4.69) is 34.8 Å². The second-order valence-electron chi connectivity index (χ2n) is 4.79. The zero-order valence-electron chi connectivity index (χ0n) is 10.9. The first-order valence-electron chi connectivity index (χ1n) is 6.34. The molecular weight excluding hydrogens is 312 g/mol. The lowest BCUT2D eigenvalue weighted by molar-refractivity contribution is -0.00761. The average molecular weight is 329 g/mol. The number of rotatable bonds is 3. The summed E-state index contributed by atoms with van der Waals surface area (Å²) in [4.78, 5) is 27.4. The Balaban J connectivity index is 2.38. The van der Waals surface area contributed by atoms with Gasteiger partial charge in [-0.1, -0.05) is 29.8 Å². The molecule has 1 saturated heterocycles. The van der Waals surface area contributed by atoms with Gasteiger partial charge in [-0.25, -0.2) is 4.79 Å². The van der Waals surface area contributed by atoms with Gasteiger partial charge in [-0.3, -0.25) is 14.3 Å². The van der Waals surface area contributed by atoms with Crippen molar-refractivity contribution in [1.82, 2.24) is 9.55 Å². The van der Waals surface area contributed by atoms with Gasteiger partial charge in [0.05, 0.1) is 11.7 Å². The van der Waals surface area contributed by atoms with Crippen LogP contribution in [-0.4, -0.2) is 15.7 Å². The fourth-order valence-electron chi connectivity index (χ4n) is 2.44. The van der Waals surface area contributed by atoms with Crippen molar-refractivity contribution in [3.8, 4) is 0 Å². The van der Waals surface area contributed by atoms with E-state index in [4.69, 9.17) is 4.74 Å². The molecule has 0 spiro atoms. The lowest BCUT2D eigenvalue weighted by Crippen LogP contribution is -2.33. The number of nitrogens with zero attached hydrogens (tertiary/aromatic N) is 1. The fourth-order valence-corrected chi connectivity index (χ4v) is 2.73. The minimum atomic E-state index is -0.425. The number of hydrogen-bond donors (Lipinski definition) is 1. The van der Waals surface area contributed by atoms with Crippen LogP contribution >= 0.6 is 15.9 Å². The van der Waals surface area contributed by atoms with Crippen LogP contribution < -0.4 is 11.2 Å². The van der Waals surface area contributed by atoms with Crippen LogP contribution in [-0.2, 0) is 4.74 Å². The summed E-state index contributed by atoms with van der Waals surface area (Å²) < 4.78 is 7.34. The molecule has 0 amide bonds. The Bertz CT molecular complexity index is 590. The fraction of sp³-hybridized carbons (Fsp3) is 0.538. The first-order chi connectivity index (χ1) is 9.06. The third-order valence-corrected chi connectivity index (χ3v) is 3.75. The van der Waals surface area contributed by atoms with Gasteiger partial charge < -0.3 is 4.74 Å². The van der Waals surface area contributed by atoms with Gasteiger partial charge in [0.15, 0.2) is 0 Å². The summed E-state index contributed by atoms with van der Waals surface area (Å²) in [6, 6.07) is 0. The Morgan fingerprint density at radius 2 is 2.32 bits per heavy atom. The van der Waals surface area contributed by atoms with E-state index in [1.54, 1.807) is 17.3 Å². The number of ether oxygens (including phenoxy) is 1. The van der Waals surface area contributed by atoms with Crippen molar-refractivity contribution >= 4 is 22.0 Å². The summed E-state index contributed by atoms with van der Waals surface area (Å²) in [5.41, 5.74) is -0.395. The van der Waals surface area contributed by atoms with Crippen molar-refractivity contribution in [1.29, 1.82) is 0 Å². The number of hydrogen-bond acceptors (Lipinski definition) is 3. The molecule has 3 atom stereocenters. The second-order valence-corrected chi connectivity index (χ2v) is 5.32. The maximum Gasteiger partial charge on any atom is 0.330 e. The lowest BCUT2D eigenvalue weighted by atomic mass is 10.0. The molecule has 2 rings (SSSR count). The number of aromatic amines is 1. The number of halogens is 1. The topological polar surface area (TPSA) is 64.1 Å². The summed E-state index contributed by atoms with van der Waals surface area (Å²) in [6.07, 6.45) is 4.72. The van der Waals surface area contributed by atoms with E-state index in [9.17, 15) is 9.59 Å². The predicted molar refractivity (Wildman–Crippen MR) is 77.3 cm³/mol. The van der Waals surface area contributed by atoms with E-state index < -0.39 is 11.2 Å². The largest absolute Gasteiger partial charge is 0.354 e. The summed E-state index contributed by atoms with van der Waals surface area (Å²) in [5, 5.41) is 0. The lowest BCUT2D eigenvalue weighted by Gasteiger charge is -2.15. The molecule has 0 saturated carbocycles. The molecule has 3 unspecified atom stereocenters. The van der Waals surface area contributed by atoms with Gasteiger partial charge in [-0.2, -0.15) is 0 Å². The molecular formula is C13H17BrN2O3. The third kappa shape index (κ3) is 2.90. The van der Waals surface area contributed by atoms with Gasteiger partial charge in [0.1, 0.15) is 6.23 Å². The zero-order chi connectivity index (χ0) is 14.0. The van der Waals surface area contributed by atoms with Crippen LogP contribution in [0.1, 0.15) is 38.5 Å². The molecule has 1 N–H and O–H groups in total. The molecule has 0 aliphatic carbocycles. The monoisotopic (exact) mass is 328 g/mol. The molecule has 1 aromatic rings. The standard InChI is InChI=1S/C13H17BrN2O3/c1-3-10-8(2)6-11(19-10)16-7-9(4-5-14)12(17)15-13(16)18/h4-5,7-8,10-11H,3,6H2,1-2H3,(H,15,17,18)/b5-4+. The minimum absolute atomic E-state index is 0.166. The van der Waals surface area contributed by atoms with E-state index in [-0.39, 0.29) is 12.3 Å². The normalized spacial score (nSPS) is 27.2. The van der Waals surface area contributed by atoms with Crippen molar-refractivity contribution in [2.24, 2.45) is 5.92 Å². The Morgan fingerprint density at radius 1 is 1.58 bits per heavy atom. The molecule has 0 radical (unpaired) electrons. The van der Waals surface area contributed by atoms with Crippen LogP contribution in [0.15, 0.2) is 20.8 Å². The average Bonchev–Trinajstić information content (AvgIpc) is 2.74. The van der Waals surface area contributed by atoms with Gasteiger partial charge in [0.2, 0.25) is 0 Å². The van der Waals surface area contributed by atoms with Crippen molar-refractivity contribution in [2.45, 2.75) is 39.0 Å². The van der Waals surface area contributed by atoms with Crippen LogP contribution in [0.5, 0.6) is 0 Å². The van der Waals surface area contributed by atoms with Gasteiger partial charge in [-0.05, 0) is 29.8 Å². The molecule has 1 aromatic heterocycles. The van der Waals surface area contributed by atoms with Gasteiger partial charge in [0.25, 0.3) is 5.56 Å². The summed E-state index contributed by atoms with van der Waals surface area (Å²) in [5.74, 6) is 0.406. The highest BCUT2D eigenvalue weighted by molar-refractivity contribution is 9.11. The molecule has 0 aromatic carbocycles. The van der Waals surface area contributed by atoms with Crippen molar-refractivity contribution in [3.05, 3.63) is 37.6 Å². The molecule has 1 fully saturated rings. The third-order valence-electron chi connectivity index (χ3n) is 3.49. The molecule has 1 aliphatic rings. The van der Waals surface area contributed by atoms with E-state index >= 15 is 0 Å². The highest BCUT2D eigenvalue weighted by atomic mass is 79.9. The first kappa shape index (κ1) is 14.3. The van der Waals surface area contributed by atoms with Gasteiger partial charge in [-0.15, -0.1) is 0 Å². The highest BCUT2D eigenvalue weighted by Gasteiger charge is 2.32. The summed E-state index contributed by atoms with van der Waals surface area (Å²) in [6.45, 7) is 4.18. The molecule has 6 heteroatoms. The van der Waals surface area contributed by atoms with Gasteiger partial charge >= 0.3 is 5.69 Å². The number of H-pyrrole nitrogens is 1.